The Morgan fingerprint density at radius 2 is 2.08 bits per heavy atom. The second-order valence-electron chi connectivity index (χ2n) is 2.30. The Morgan fingerprint density at radius 3 is 2.62 bits per heavy atom. The number of benzene rings is 1. The van der Waals surface area contributed by atoms with Crippen molar-refractivity contribution in [1.82, 2.24) is 5.32 Å². The second kappa shape index (κ2) is 4.52. The maximum Gasteiger partial charge on any atom is 0.258 e. The molecule has 0 saturated heterocycles. The number of nitrogens with two attached hydrogens (primary N) is 1. The van der Waals surface area contributed by atoms with E-state index in [0.29, 0.717) is 5.56 Å². The number of amides is 1. The summed E-state index contributed by atoms with van der Waals surface area (Å²) >= 11 is 6.64. The Morgan fingerprint density at radius 1 is 1.46 bits per heavy atom. The molecule has 0 heterocycles. The van der Waals surface area contributed by atoms with Crippen LogP contribution in [0.4, 0.5) is 0 Å². The Balaban J connectivity index is 2.89. The van der Waals surface area contributed by atoms with E-state index in [9.17, 15) is 4.79 Å². The van der Waals surface area contributed by atoms with Crippen LogP contribution < -0.4 is 11.1 Å². The van der Waals surface area contributed by atoms with Crippen LogP contribution in [0, 0.1) is 3.57 Å². The van der Waals surface area contributed by atoms with Crippen LogP contribution in [0.25, 0.3) is 0 Å². The van der Waals surface area contributed by atoms with E-state index in [0.717, 1.165) is 3.57 Å². The normalized spacial score (nSPS) is 9.31. The van der Waals surface area contributed by atoms with Gasteiger partial charge in [0.1, 0.15) is 0 Å². The first kappa shape index (κ1) is 10.4. The Kier molecular flexibility index (Phi) is 3.61. The summed E-state index contributed by atoms with van der Waals surface area (Å²) in [4.78, 5) is 11.4. The molecule has 0 aliphatic rings. The van der Waals surface area contributed by atoms with E-state index in [1.165, 1.54) is 0 Å². The lowest BCUT2D eigenvalue weighted by atomic mass is 10.2. The molecule has 0 fully saturated rings. The molecule has 3 N–H and O–H groups in total. The largest absolute Gasteiger partial charge is 0.376 e. The Hall–Kier alpha value is -0.690. The van der Waals surface area contributed by atoms with Crippen LogP contribution in [-0.2, 0) is 0 Å². The highest BCUT2D eigenvalue weighted by molar-refractivity contribution is 14.1. The monoisotopic (exact) mass is 306 g/mol. The van der Waals surface area contributed by atoms with Crippen LogP contribution in [0.15, 0.2) is 24.3 Å². The number of carbonyl (C=O) groups is 1. The van der Waals surface area contributed by atoms with Crippen LogP contribution in [0.2, 0.25) is 0 Å². The fourth-order valence-electron chi connectivity index (χ4n) is 0.825. The van der Waals surface area contributed by atoms with Gasteiger partial charge >= 0.3 is 0 Å². The van der Waals surface area contributed by atoms with Crippen molar-refractivity contribution >= 4 is 45.8 Å². The summed E-state index contributed by atoms with van der Waals surface area (Å²) in [7, 11) is 0. The molecule has 1 aromatic rings. The fourth-order valence-corrected chi connectivity index (χ4v) is 1.55. The maximum atomic E-state index is 11.4. The lowest BCUT2D eigenvalue weighted by molar-refractivity contribution is 0.0976. The van der Waals surface area contributed by atoms with Crippen molar-refractivity contribution in [2.45, 2.75) is 0 Å². The number of nitrogens with one attached hydrogen (secondary N) is 1. The summed E-state index contributed by atoms with van der Waals surface area (Å²) in [5.74, 6) is -0.266. The van der Waals surface area contributed by atoms with Gasteiger partial charge in [-0.25, -0.2) is 0 Å². The standard InChI is InChI=1S/C8H7IN2OS/c9-6-4-2-1-3-5(6)7(12)11-8(10)13/h1-4H,(H3,10,11,12,13). The number of carbonyl (C=O) groups excluding carboxylic acids is 1. The molecule has 13 heavy (non-hydrogen) atoms. The van der Waals surface area contributed by atoms with Crippen LogP contribution in [0.5, 0.6) is 0 Å². The molecule has 0 aromatic heterocycles. The number of hydrogen-bond acceptors (Lipinski definition) is 2. The summed E-state index contributed by atoms with van der Waals surface area (Å²) < 4.78 is 0.869. The predicted octanol–water partition coefficient (Wildman–Crippen LogP) is 1.26. The van der Waals surface area contributed by atoms with Gasteiger partial charge in [0.15, 0.2) is 5.11 Å². The molecule has 0 bridgehead atoms. The van der Waals surface area contributed by atoms with Crippen LogP contribution in [0.3, 0.4) is 0 Å². The number of halogens is 1. The van der Waals surface area contributed by atoms with Gasteiger partial charge in [0, 0.05) is 3.57 Å². The van der Waals surface area contributed by atoms with Crippen molar-refractivity contribution in [3.8, 4) is 0 Å². The highest BCUT2D eigenvalue weighted by Crippen LogP contribution is 2.10. The first-order valence-corrected chi connectivity index (χ1v) is 4.95. The highest BCUT2D eigenvalue weighted by Gasteiger charge is 2.08. The molecule has 0 atom stereocenters. The van der Waals surface area contributed by atoms with Gasteiger partial charge in [0.25, 0.3) is 5.91 Å². The second-order valence-corrected chi connectivity index (χ2v) is 3.90. The quantitative estimate of drug-likeness (QED) is 0.607. The van der Waals surface area contributed by atoms with Gasteiger partial charge in [-0.15, -0.1) is 0 Å². The van der Waals surface area contributed by atoms with Gasteiger partial charge in [-0.05, 0) is 46.9 Å². The van der Waals surface area contributed by atoms with Gasteiger partial charge < -0.3 is 5.73 Å². The van der Waals surface area contributed by atoms with E-state index in [-0.39, 0.29) is 11.0 Å². The number of thiocarbonyl (C=S) groups is 1. The minimum absolute atomic E-state index is 0.00958. The lowest BCUT2D eigenvalue weighted by Gasteiger charge is -2.03. The molecule has 1 amide bonds. The first-order chi connectivity index (χ1) is 6.11. The molecule has 1 rings (SSSR count). The first-order valence-electron chi connectivity index (χ1n) is 3.46. The van der Waals surface area contributed by atoms with E-state index in [4.69, 9.17) is 5.73 Å². The molecule has 0 radical (unpaired) electrons. The van der Waals surface area contributed by atoms with Crippen molar-refractivity contribution in [3.05, 3.63) is 33.4 Å². The summed E-state index contributed by atoms with van der Waals surface area (Å²) in [5, 5.41) is 2.36. The van der Waals surface area contributed by atoms with Crippen molar-refractivity contribution in [1.29, 1.82) is 0 Å². The van der Waals surface area contributed by atoms with Crippen LogP contribution in [-0.4, -0.2) is 11.0 Å². The van der Waals surface area contributed by atoms with Crippen molar-refractivity contribution in [3.63, 3.8) is 0 Å². The minimum atomic E-state index is -0.266. The van der Waals surface area contributed by atoms with Gasteiger partial charge in [0.2, 0.25) is 0 Å². The zero-order chi connectivity index (χ0) is 9.84. The predicted molar refractivity (Wildman–Crippen MR) is 63.4 cm³/mol. The average molecular weight is 306 g/mol. The average Bonchev–Trinajstić information content (AvgIpc) is 2.03. The molecular weight excluding hydrogens is 299 g/mol. The molecule has 0 aliphatic heterocycles. The third-order valence-corrected chi connectivity index (χ3v) is 2.40. The number of rotatable bonds is 1. The number of hydrogen-bond donors (Lipinski definition) is 2. The molecule has 0 unspecified atom stereocenters. The van der Waals surface area contributed by atoms with E-state index >= 15 is 0 Å². The Bertz CT molecular complexity index is 354. The Labute approximate surface area is 94.8 Å². The third kappa shape index (κ3) is 2.92. The summed E-state index contributed by atoms with van der Waals surface area (Å²) in [6, 6.07) is 7.21. The van der Waals surface area contributed by atoms with E-state index in [2.05, 4.69) is 40.1 Å². The smallest absolute Gasteiger partial charge is 0.258 e. The van der Waals surface area contributed by atoms with Crippen molar-refractivity contribution in [2.24, 2.45) is 5.73 Å². The molecular formula is C8H7IN2OS. The summed E-state index contributed by atoms with van der Waals surface area (Å²) in [6.07, 6.45) is 0. The van der Waals surface area contributed by atoms with E-state index in [1.807, 2.05) is 12.1 Å². The molecule has 0 saturated carbocycles. The minimum Gasteiger partial charge on any atom is -0.376 e. The van der Waals surface area contributed by atoms with Gasteiger partial charge in [-0.3, -0.25) is 10.1 Å². The summed E-state index contributed by atoms with van der Waals surface area (Å²) in [6.45, 7) is 0. The molecule has 3 nitrogen and oxygen atoms in total. The molecule has 0 aliphatic carbocycles. The lowest BCUT2D eigenvalue weighted by Crippen LogP contribution is -2.35. The van der Waals surface area contributed by atoms with Gasteiger partial charge in [-0.1, -0.05) is 12.1 Å². The zero-order valence-corrected chi connectivity index (χ0v) is 9.56. The van der Waals surface area contributed by atoms with E-state index in [1.54, 1.807) is 12.1 Å². The molecule has 5 heteroatoms. The van der Waals surface area contributed by atoms with Crippen LogP contribution in [0.1, 0.15) is 10.4 Å². The topological polar surface area (TPSA) is 55.1 Å². The van der Waals surface area contributed by atoms with E-state index < -0.39 is 0 Å². The molecule has 1 aromatic carbocycles. The third-order valence-electron chi connectivity index (χ3n) is 1.36. The SMILES string of the molecule is NC(=S)NC(=O)c1ccccc1I. The fraction of sp³-hybridized carbons (Fsp3) is 0. The van der Waals surface area contributed by atoms with Crippen molar-refractivity contribution in [2.75, 3.05) is 0 Å². The highest BCUT2D eigenvalue weighted by atomic mass is 127. The van der Waals surface area contributed by atoms with Crippen LogP contribution >= 0.6 is 34.8 Å². The maximum absolute atomic E-state index is 11.4. The molecule has 68 valence electrons. The summed E-state index contributed by atoms with van der Waals surface area (Å²) in [5.41, 5.74) is 5.76. The van der Waals surface area contributed by atoms with Crippen molar-refractivity contribution < 1.29 is 4.79 Å². The van der Waals surface area contributed by atoms with Gasteiger partial charge in [-0.2, -0.15) is 0 Å². The molecule has 0 spiro atoms. The zero-order valence-electron chi connectivity index (χ0n) is 6.58. The van der Waals surface area contributed by atoms with Gasteiger partial charge in [0.05, 0.1) is 5.56 Å².